The molecule has 0 aliphatic heterocycles. The molecule has 1 aromatic heterocycles. The average molecular weight is 401 g/mol. The number of nitrogens with zero attached hydrogens (tertiary/aromatic N) is 2. The third kappa shape index (κ3) is 3.65. The number of oxazole rings is 1. The number of carbonyl (C=O) groups is 1. The van der Waals surface area contributed by atoms with Crippen molar-refractivity contribution < 1.29 is 14.1 Å². The number of rotatable bonds is 4. The van der Waals surface area contributed by atoms with Gasteiger partial charge in [-0.15, -0.1) is 0 Å². The molecule has 0 fully saturated rings. The first-order valence-corrected chi connectivity index (χ1v) is 9.36. The fourth-order valence-electron chi connectivity index (χ4n) is 3.25. The Balaban J connectivity index is 1.64. The lowest BCUT2D eigenvalue weighted by Gasteiger charge is -2.10. The summed E-state index contributed by atoms with van der Waals surface area (Å²) in [5.41, 5.74) is 5.56. The molecular weight excluding hydrogens is 382 g/mol. The van der Waals surface area contributed by atoms with Gasteiger partial charge in [0.05, 0.1) is 4.92 Å². The molecule has 0 saturated carbocycles. The van der Waals surface area contributed by atoms with Crippen LogP contribution in [0.1, 0.15) is 27.0 Å². The number of nitrogens with one attached hydrogen (secondary N) is 1. The first-order valence-electron chi connectivity index (χ1n) is 9.36. The van der Waals surface area contributed by atoms with Gasteiger partial charge >= 0.3 is 0 Å². The van der Waals surface area contributed by atoms with E-state index < -0.39 is 4.92 Å². The van der Waals surface area contributed by atoms with E-state index in [9.17, 15) is 14.9 Å². The van der Waals surface area contributed by atoms with Crippen LogP contribution in [-0.4, -0.2) is 15.8 Å². The fraction of sp³-hybridized carbons (Fsp3) is 0.130. The maximum atomic E-state index is 12.7. The summed E-state index contributed by atoms with van der Waals surface area (Å²) in [7, 11) is 0. The zero-order valence-corrected chi connectivity index (χ0v) is 16.7. The number of benzene rings is 3. The molecule has 0 spiro atoms. The van der Waals surface area contributed by atoms with E-state index in [-0.39, 0.29) is 11.6 Å². The normalized spacial score (nSPS) is 10.9. The molecule has 1 N–H and O–H groups in total. The minimum atomic E-state index is -0.466. The van der Waals surface area contributed by atoms with Crippen molar-refractivity contribution in [2.24, 2.45) is 0 Å². The molecule has 7 nitrogen and oxygen atoms in total. The highest BCUT2D eigenvalue weighted by Gasteiger charge is 2.16. The quantitative estimate of drug-likeness (QED) is 0.355. The molecule has 0 bridgehead atoms. The second-order valence-corrected chi connectivity index (χ2v) is 7.23. The highest BCUT2D eigenvalue weighted by atomic mass is 16.6. The van der Waals surface area contributed by atoms with Gasteiger partial charge in [0.1, 0.15) is 5.52 Å². The fourth-order valence-corrected chi connectivity index (χ4v) is 3.25. The molecule has 4 rings (SSSR count). The van der Waals surface area contributed by atoms with Crippen LogP contribution in [0.2, 0.25) is 0 Å². The molecule has 0 atom stereocenters. The van der Waals surface area contributed by atoms with Crippen LogP contribution in [-0.2, 0) is 0 Å². The Morgan fingerprint density at radius 2 is 1.80 bits per heavy atom. The van der Waals surface area contributed by atoms with Crippen LogP contribution >= 0.6 is 0 Å². The van der Waals surface area contributed by atoms with Gasteiger partial charge in [-0.3, -0.25) is 14.9 Å². The van der Waals surface area contributed by atoms with Crippen LogP contribution in [0.25, 0.3) is 22.6 Å². The summed E-state index contributed by atoms with van der Waals surface area (Å²) in [6.07, 6.45) is 0. The molecule has 30 heavy (non-hydrogen) atoms. The lowest BCUT2D eigenvalue weighted by Crippen LogP contribution is -2.13. The van der Waals surface area contributed by atoms with Crippen molar-refractivity contribution in [2.75, 3.05) is 5.32 Å². The van der Waals surface area contributed by atoms with Crippen molar-refractivity contribution in [3.63, 3.8) is 0 Å². The van der Waals surface area contributed by atoms with Gasteiger partial charge in [-0.1, -0.05) is 12.1 Å². The summed E-state index contributed by atoms with van der Waals surface area (Å²) in [6, 6.07) is 15.7. The van der Waals surface area contributed by atoms with Crippen LogP contribution in [0.4, 0.5) is 11.4 Å². The topological polar surface area (TPSA) is 98.3 Å². The number of carbonyl (C=O) groups excluding carboxylic acids is 1. The summed E-state index contributed by atoms with van der Waals surface area (Å²) < 4.78 is 5.86. The standard InChI is InChI=1S/C23H19N3O4/c1-13-4-9-21-19(10-13)25-23(30-21)17-6-5-14(2)18(12-17)24-22(27)16-7-8-20(26(28)29)15(3)11-16/h4-12H,1-3H3,(H,24,27). The summed E-state index contributed by atoms with van der Waals surface area (Å²) in [4.78, 5) is 27.8. The molecule has 1 amide bonds. The summed E-state index contributed by atoms with van der Waals surface area (Å²) >= 11 is 0. The van der Waals surface area contributed by atoms with E-state index in [1.807, 2.05) is 50.2 Å². The molecule has 0 unspecified atom stereocenters. The number of hydrogen-bond acceptors (Lipinski definition) is 5. The maximum Gasteiger partial charge on any atom is 0.272 e. The number of nitro groups is 1. The van der Waals surface area contributed by atoms with Gasteiger partial charge in [-0.2, -0.15) is 0 Å². The number of hydrogen-bond donors (Lipinski definition) is 1. The maximum absolute atomic E-state index is 12.7. The van der Waals surface area contributed by atoms with Crippen LogP contribution in [0.5, 0.6) is 0 Å². The molecule has 7 heteroatoms. The van der Waals surface area contributed by atoms with Crippen molar-refractivity contribution in [3.8, 4) is 11.5 Å². The second kappa shape index (κ2) is 7.44. The highest BCUT2D eigenvalue weighted by molar-refractivity contribution is 6.05. The Morgan fingerprint density at radius 1 is 1.00 bits per heavy atom. The monoisotopic (exact) mass is 401 g/mol. The smallest absolute Gasteiger partial charge is 0.272 e. The van der Waals surface area contributed by atoms with Crippen molar-refractivity contribution in [1.82, 2.24) is 4.98 Å². The molecule has 0 saturated heterocycles. The van der Waals surface area contributed by atoms with E-state index in [4.69, 9.17) is 4.42 Å². The molecule has 0 aliphatic rings. The highest BCUT2D eigenvalue weighted by Crippen LogP contribution is 2.29. The first-order chi connectivity index (χ1) is 14.3. The SMILES string of the molecule is Cc1ccc2oc(-c3ccc(C)c(NC(=O)c4ccc([N+](=O)[O-])c(C)c4)c3)nc2c1. The van der Waals surface area contributed by atoms with Gasteiger partial charge < -0.3 is 9.73 Å². The predicted molar refractivity (Wildman–Crippen MR) is 115 cm³/mol. The molecule has 3 aromatic carbocycles. The van der Waals surface area contributed by atoms with E-state index >= 15 is 0 Å². The van der Waals surface area contributed by atoms with Crippen LogP contribution in [0, 0.1) is 30.9 Å². The van der Waals surface area contributed by atoms with E-state index in [0.29, 0.717) is 28.3 Å². The molecule has 0 aliphatic carbocycles. The summed E-state index contributed by atoms with van der Waals surface area (Å²) in [5, 5.41) is 13.9. The van der Waals surface area contributed by atoms with Gasteiger partial charge in [-0.05, 0) is 68.3 Å². The number of aryl methyl sites for hydroxylation is 3. The molecular formula is C23H19N3O4. The van der Waals surface area contributed by atoms with Crippen molar-refractivity contribution >= 4 is 28.4 Å². The Morgan fingerprint density at radius 3 is 2.53 bits per heavy atom. The Labute approximate surface area is 172 Å². The van der Waals surface area contributed by atoms with E-state index in [1.165, 1.54) is 18.2 Å². The third-order valence-electron chi connectivity index (χ3n) is 4.93. The lowest BCUT2D eigenvalue weighted by atomic mass is 10.1. The molecule has 4 aromatic rings. The molecule has 1 heterocycles. The van der Waals surface area contributed by atoms with Crippen molar-refractivity contribution in [3.05, 3.63) is 87.0 Å². The van der Waals surface area contributed by atoms with Crippen LogP contribution in [0.15, 0.2) is 59.0 Å². The van der Waals surface area contributed by atoms with Gasteiger partial charge in [0.2, 0.25) is 5.89 Å². The summed E-state index contributed by atoms with van der Waals surface area (Å²) in [5.74, 6) is 0.124. The Hall–Kier alpha value is -4.00. The zero-order chi connectivity index (χ0) is 21.4. The lowest BCUT2D eigenvalue weighted by molar-refractivity contribution is -0.385. The number of nitro benzene ring substituents is 1. The van der Waals surface area contributed by atoms with Crippen LogP contribution < -0.4 is 5.32 Å². The Bertz CT molecular complexity index is 1310. The predicted octanol–water partition coefficient (Wildman–Crippen LogP) is 5.58. The van der Waals surface area contributed by atoms with E-state index in [0.717, 1.165) is 22.2 Å². The van der Waals surface area contributed by atoms with Gasteiger partial charge in [0.15, 0.2) is 5.58 Å². The Kier molecular flexibility index (Phi) is 4.79. The van der Waals surface area contributed by atoms with Crippen molar-refractivity contribution in [2.45, 2.75) is 20.8 Å². The van der Waals surface area contributed by atoms with Gasteiger partial charge in [0.25, 0.3) is 11.6 Å². The zero-order valence-electron chi connectivity index (χ0n) is 16.7. The first kappa shape index (κ1) is 19.3. The number of aromatic nitrogens is 1. The molecule has 0 radical (unpaired) electrons. The second-order valence-electron chi connectivity index (χ2n) is 7.23. The average Bonchev–Trinajstić information content (AvgIpc) is 3.12. The summed E-state index contributed by atoms with van der Waals surface area (Å²) in [6.45, 7) is 5.48. The minimum absolute atomic E-state index is 0.0177. The number of amides is 1. The van der Waals surface area contributed by atoms with E-state index in [1.54, 1.807) is 6.92 Å². The number of anilines is 1. The van der Waals surface area contributed by atoms with Crippen molar-refractivity contribution in [1.29, 1.82) is 0 Å². The van der Waals surface area contributed by atoms with Crippen LogP contribution in [0.3, 0.4) is 0 Å². The van der Waals surface area contributed by atoms with Gasteiger partial charge in [0, 0.05) is 28.4 Å². The van der Waals surface area contributed by atoms with E-state index in [2.05, 4.69) is 10.3 Å². The van der Waals surface area contributed by atoms with Gasteiger partial charge in [-0.25, -0.2) is 4.98 Å². The number of fused-ring (bicyclic) bond motifs is 1. The third-order valence-corrected chi connectivity index (χ3v) is 4.93. The largest absolute Gasteiger partial charge is 0.436 e. The molecule has 150 valence electrons. The minimum Gasteiger partial charge on any atom is -0.436 e.